The molecule has 2 amide bonds. The van der Waals surface area contributed by atoms with Gasteiger partial charge in [0.2, 0.25) is 0 Å². The normalized spacial score (nSPS) is 11.1. The van der Waals surface area contributed by atoms with Gasteiger partial charge in [-0.15, -0.1) is 11.3 Å². The maximum atomic E-state index is 13.3. The third-order valence-corrected chi connectivity index (χ3v) is 6.72. The Bertz CT molecular complexity index is 1280. The molecule has 0 aliphatic carbocycles. The fourth-order valence-corrected chi connectivity index (χ4v) is 4.74. The lowest BCUT2D eigenvalue weighted by molar-refractivity contribution is -0.113. The molecule has 4 aromatic rings. The number of anilines is 1. The second kappa shape index (κ2) is 10.8. The van der Waals surface area contributed by atoms with Gasteiger partial charge in [-0.05, 0) is 60.3 Å². The van der Waals surface area contributed by atoms with Crippen molar-refractivity contribution in [1.82, 2.24) is 5.32 Å². The second-order valence-corrected chi connectivity index (χ2v) is 9.30. The highest BCUT2D eigenvalue weighted by Gasteiger charge is 2.17. The number of para-hydroxylation sites is 1. The van der Waals surface area contributed by atoms with Crippen molar-refractivity contribution in [3.63, 3.8) is 0 Å². The molecule has 0 saturated carbocycles. The highest BCUT2D eigenvalue weighted by molar-refractivity contribution is 7.99. The SMILES string of the molecule is Cc1ccccc1C(=O)N/C(=C\c1cccs1)C(=O)Nc1ccccc1Sc1ccccc1. The minimum Gasteiger partial charge on any atom is -0.320 e. The molecule has 1 aromatic heterocycles. The standard InChI is InChI=1S/C27H22N2O2S2/c1-19-10-5-6-14-22(19)26(30)29-24(18-21-13-9-17-32-21)27(31)28-23-15-7-8-16-25(23)33-20-11-3-2-4-12-20/h2-18H,1H3,(H,28,31)(H,29,30)/b24-18-. The van der Waals surface area contributed by atoms with E-state index in [1.165, 1.54) is 11.3 Å². The predicted octanol–water partition coefficient (Wildman–Crippen LogP) is 6.62. The molecule has 0 atom stereocenters. The van der Waals surface area contributed by atoms with Gasteiger partial charge in [-0.1, -0.05) is 66.4 Å². The maximum absolute atomic E-state index is 13.3. The number of hydrogen-bond acceptors (Lipinski definition) is 4. The second-order valence-electron chi connectivity index (χ2n) is 7.21. The number of thiophene rings is 1. The van der Waals surface area contributed by atoms with E-state index in [4.69, 9.17) is 0 Å². The third-order valence-electron chi connectivity index (χ3n) is 4.82. The summed E-state index contributed by atoms with van der Waals surface area (Å²) < 4.78 is 0. The molecule has 0 fully saturated rings. The molecule has 2 N–H and O–H groups in total. The lowest BCUT2D eigenvalue weighted by Gasteiger charge is -2.14. The number of benzene rings is 3. The average Bonchev–Trinajstić information content (AvgIpc) is 3.34. The summed E-state index contributed by atoms with van der Waals surface area (Å²) in [5.41, 5.74) is 2.24. The number of aryl methyl sites for hydroxylation is 1. The molecule has 33 heavy (non-hydrogen) atoms. The van der Waals surface area contributed by atoms with E-state index < -0.39 is 0 Å². The largest absolute Gasteiger partial charge is 0.320 e. The molecule has 0 radical (unpaired) electrons. The van der Waals surface area contributed by atoms with E-state index in [1.54, 1.807) is 23.9 Å². The van der Waals surface area contributed by atoms with Crippen LogP contribution in [0.15, 0.2) is 112 Å². The molecule has 4 nitrogen and oxygen atoms in total. The van der Waals surface area contributed by atoms with E-state index in [9.17, 15) is 9.59 Å². The van der Waals surface area contributed by atoms with Crippen LogP contribution in [-0.2, 0) is 4.79 Å². The van der Waals surface area contributed by atoms with Gasteiger partial charge in [-0.2, -0.15) is 0 Å². The summed E-state index contributed by atoms with van der Waals surface area (Å²) in [6.07, 6.45) is 1.70. The number of rotatable bonds is 7. The van der Waals surface area contributed by atoms with Crippen LogP contribution in [0.1, 0.15) is 20.8 Å². The van der Waals surface area contributed by atoms with Crippen molar-refractivity contribution in [2.75, 3.05) is 5.32 Å². The number of carbonyl (C=O) groups excluding carboxylic acids is 2. The van der Waals surface area contributed by atoms with E-state index in [0.29, 0.717) is 11.3 Å². The molecule has 0 unspecified atom stereocenters. The zero-order chi connectivity index (χ0) is 23.0. The van der Waals surface area contributed by atoms with Crippen molar-refractivity contribution in [2.45, 2.75) is 16.7 Å². The number of amides is 2. The van der Waals surface area contributed by atoms with Crippen LogP contribution in [0.25, 0.3) is 6.08 Å². The first kappa shape index (κ1) is 22.6. The lowest BCUT2D eigenvalue weighted by atomic mass is 10.1. The first-order valence-electron chi connectivity index (χ1n) is 10.4. The average molecular weight is 471 g/mol. The number of carbonyl (C=O) groups is 2. The number of hydrogen-bond donors (Lipinski definition) is 2. The molecule has 3 aromatic carbocycles. The molecule has 1 heterocycles. The molecule has 0 aliphatic heterocycles. The molecule has 164 valence electrons. The fourth-order valence-electron chi connectivity index (χ4n) is 3.16. The Kier molecular flexibility index (Phi) is 7.40. The molecule has 0 spiro atoms. The number of nitrogens with one attached hydrogen (secondary N) is 2. The third kappa shape index (κ3) is 6.00. The monoisotopic (exact) mass is 470 g/mol. The van der Waals surface area contributed by atoms with Crippen LogP contribution >= 0.6 is 23.1 Å². The summed E-state index contributed by atoms with van der Waals surface area (Å²) in [6, 6.07) is 28.7. The summed E-state index contributed by atoms with van der Waals surface area (Å²) in [7, 11) is 0. The van der Waals surface area contributed by atoms with Crippen molar-refractivity contribution < 1.29 is 9.59 Å². The Labute approximate surface area is 201 Å². The van der Waals surface area contributed by atoms with Crippen LogP contribution in [0.5, 0.6) is 0 Å². The van der Waals surface area contributed by atoms with E-state index in [-0.39, 0.29) is 17.5 Å². The minimum absolute atomic E-state index is 0.185. The van der Waals surface area contributed by atoms with Gasteiger partial charge in [-0.3, -0.25) is 9.59 Å². The van der Waals surface area contributed by atoms with Crippen molar-refractivity contribution in [1.29, 1.82) is 0 Å². The highest BCUT2D eigenvalue weighted by atomic mass is 32.2. The quantitative estimate of drug-likeness (QED) is 0.299. The van der Waals surface area contributed by atoms with Crippen molar-refractivity contribution in [2.24, 2.45) is 0 Å². The summed E-state index contributed by atoms with van der Waals surface area (Å²) in [6.45, 7) is 1.87. The van der Waals surface area contributed by atoms with Gasteiger partial charge in [0.1, 0.15) is 5.70 Å². The van der Waals surface area contributed by atoms with E-state index >= 15 is 0 Å². The topological polar surface area (TPSA) is 58.2 Å². The fraction of sp³-hybridized carbons (Fsp3) is 0.0370. The summed E-state index contributed by atoms with van der Waals surface area (Å²) >= 11 is 3.06. The zero-order valence-electron chi connectivity index (χ0n) is 17.9. The predicted molar refractivity (Wildman–Crippen MR) is 137 cm³/mol. The van der Waals surface area contributed by atoms with Gasteiger partial charge in [0, 0.05) is 20.2 Å². The van der Waals surface area contributed by atoms with Crippen LogP contribution in [0.2, 0.25) is 0 Å². The molecule has 0 saturated heterocycles. The van der Waals surface area contributed by atoms with E-state index in [0.717, 1.165) is 20.2 Å². The maximum Gasteiger partial charge on any atom is 0.272 e. The van der Waals surface area contributed by atoms with Gasteiger partial charge in [0.15, 0.2) is 0 Å². The van der Waals surface area contributed by atoms with Crippen LogP contribution in [-0.4, -0.2) is 11.8 Å². The van der Waals surface area contributed by atoms with Crippen LogP contribution in [0.4, 0.5) is 5.69 Å². The van der Waals surface area contributed by atoms with Crippen LogP contribution < -0.4 is 10.6 Å². The van der Waals surface area contributed by atoms with Gasteiger partial charge in [0.25, 0.3) is 11.8 Å². The highest BCUT2D eigenvalue weighted by Crippen LogP contribution is 2.33. The van der Waals surface area contributed by atoms with E-state index in [1.807, 2.05) is 97.2 Å². The van der Waals surface area contributed by atoms with Crippen molar-refractivity contribution in [3.8, 4) is 0 Å². The summed E-state index contributed by atoms with van der Waals surface area (Å²) in [4.78, 5) is 29.1. The van der Waals surface area contributed by atoms with Gasteiger partial charge in [-0.25, -0.2) is 0 Å². The Hall–Kier alpha value is -3.61. The van der Waals surface area contributed by atoms with Crippen LogP contribution in [0.3, 0.4) is 0 Å². The molecular weight excluding hydrogens is 448 g/mol. The Morgan fingerprint density at radius 1 is 0.848 bits per heavy atom. The van der Waals surface area contributed by atoms with Gasteiger partial charge >= 0.3 is 0 Å². The molecular formula is C27H22N2O2S2. The molecule has 6 heteroatoms. The van der Waals surface area contributed by atoms with Crippen LogP contribution in [0, 0.1) is 6.92 Å². The van der Waals surface area contributed by atoms with Gasteiger partial charge in [0.05, 0.1) is 5.69 Å². The minimum atomic E-state index is -0.383. The molecule has 0 aliphatic rings. The summed E-state index contributed by atoms with van der Waals surface area (Å²) in [5.74, 6) is -0.704. The van der Waals surface area contributed by atoms with Gasteiger partial charge < -0.3 is 10.6 Å². The Morgan fingerprint density at radius 3 is 2.33 bits per heavy atom. The Balaban J connectivity index is 1.59. The van der Waals surface area contributed by atoms with E-state index in [2.05, 4.69) is 10.6 Å². The molecule has 4 rings (SSSR count). The summed E-state index contributed by atoms with van der Waals surface area (Å²) in [5, 5.41) is 7.72. The lowest BCUT2D eigenvalue weighted by Crippen LogP contribution is -2.31. The molecule has 0 bridgehead atoms. The Morgan fingerprint density at radius 2 is 1.58 bits per heavy atom. The van der Waals surface area contributed by atoms with Crippen molar-refractivity contribution in [3.05, 3.63) is 118 Å². The smallest absolute Gasteiger partial charge is 0.272 e. The zero-order valence-corrected chi connectivity index (χ0v) is 19.6. The first-order valence-corrected chi connectivity index (χ1v) is 12.1. The first-order chi connectivity index (χ1) is 16.1. The van der Waals surface area contributed by atoms with Crippen molar-refractivity contribution >= 4 is 46.7 Å².